The minimum absolute atomic E-state index is 0.0256. The number of halogens is 4. The molecule has 0 radical (unpaired) electrons. The Morgan fingerprint density at radius 2 is 1.26 bits per heavy atom. The van der Waals surface area contributed by atoms with Gasteiger partial charge in [-0.3, -0.25) is 57.5 Å². The fourth-order valence-electron chi connectivity index (χ4n) is 14.8. The molecule has 100 heavy (non-hydrogen) atoms. The molecule has 0 bridgehead atoms. The van der Waals surface area contributed by atoms with Crippen molar-refractivity contribution in [3.63, 3.8) is 0 Å². The van der Waals surface area contributed by atoms with Crippen LogP contribution in [0, 0.1) is 17.8 Å². The van der Waals surface area contributed by atoms with E-state index in [0.717, 1.165) is 63.8 Å². The Morgan fingerprint density at radius 1 is 0.640 bits per heavy atom. The number of rotatable bonds is 12. The van der Waals surface area contributed by atoms with Gasteiger partial charge in [0.05, 0.1) is 49.4 Å². The van der Waals surface area contributed by atoms with Gasteiger partial charge in [0, 0.05) is 69.0 Å². The van der Waals surface area contributed by atoms with Crippen LogP contribution in [-0.4, -0.2) is 264 Å². The first-order valence-corrected chi connectivity index (χ1v) is 36.3. The number of fused-ring (bicyclic) bond motifs is 1. The molecule has 3 saturated heterocycles. The molecule has 6 fully saturated rings. The summed E-state index contributed by atoms with van der Waals surface area (Å²) in [5.74, 6) is -9.11. The lowest BCUT2D eigenvalue weighted by Crippen LogP contribution is -2.65. The zero-order chi connectivity index (χ0) is 73.7. The second-order valence-corrected chi connectivity index (χ2v) is 29.7. The average Bonchev–Trinajstić information content (AvgIpc) is 1.45. The van der Waals surface area contributed by atoms with E-state index in [9.17, 15) is 41.9 Å². The number of likely N-dealkylation sites (N-methyl/N-ethyl adjacent to an activating group) is 7. The van der Waals surface area contributed by atoms with Crippen molar-refractivity contribution in [3.8, 4) is 0 Å². The number of aryl methyl sites for hydroxylation is 1. The van der Waals surface area contributed by atoms with E-state index in [1.807, 2.05) is 20.8 Å². The maximum absolute atomic E-state index is 15.8. The number of hydrogen-bond donors (Lipinski definition) is 3. The summed E-state index contributed by atoms with van der Waals surface area (Å²) < 4.78 is 47.7. The molecule has 558 valence electrons. The summed E-state index contributed by atoms with van der Waals surface area (Å²) in [6, 6.07) is -5.84. The number of alkyl halides is 3. The number of carbonyl (C=O) groups is 12. The van der Waals surface area contributed by atoms with Gasteiger partial charge in [-0.1, -0.05) is 83.9 Å². The third-order valence-corrected chi connectivity index (χ3v) is 21.9. The zero-order valence-electron chi connectivity index (χ0n) is 60.4. The van der Waals surface area contributed by atoms with Crippen molar-refractivity contribution < 1.29 is 75.4 Å². The molecule has 3 aliphatic heterocycles. The molecule has 1 aromatic carbocycles. The van der Waals surface area contributed by atoms with Crippen molar-refractivity contribution in [2.24, 2.45) is 17.8 Å². The lowest BCUT2D eigenvalue weighted by Gasteiger charge is -2.43. The summed E-state index contributed by atoms with van der Waals surface area (Å²) in [6.45, 7) is 5.97. The van der Waals surface area contributed by atoms with Gasteiger partial charge in [-0.15, -0.1) is 0 Å². The molecule has 8 atom stereocenters. The Bertz CT molecular complexity index is 3120. The van der Waals surface area contributed by atoms with E-state index in [-0.39, 0.29) is 69.3 Å². The molecule has 6 aliphatic rings. The second kappa shape index (κ2) is 35.7. The van der Waals surface area contributed by atoms with Crippen molar-refractivity contribution in [3.05, 3.63) is 34.3 Å². The van der Waals surface area contributed by atoms with Crippen LogP contribution in [0.25, 0.3) is 0 Å². The Balaban J connectivity index is 1.28. The number of piperidine rings is 1. The lowest BCUT2D eigenvalue weighted by atomic mass is 9.81. The van der Waals surface area contributed by atoms with Crippen molar-refractivity contribution in [1.29, 1.82) is 0 Å². The monoisotopic (exact) mass is 1430 g/mol. The number of hydrogen-bond acceptors (Lipinski definition) is 13. The van der Waals surface area contributed by atoms with Crippen molar-refractivity contribution in [1.82, 2.24) is 60.0 Å². The molecule has 25 nitrogen and oxygen atoms in total. The molecule has 1 aromatic rings. The molecule has 29 heteroatoms. The molecule has 12 amide bonds. The number of nitrogens with one attached hydrogen (secondary N) is 3. The van der Waals surface area contributed by atoms with Gasteiger partial charge in [0.15, 0.2) is 0 Å². The Morgan fingerprint density at radius 3 is 1.86 bits per heavy atom. The highest BCUT2D eigenvalue weighted by molar-refractivity contribution is 6.31. The first kappa shape index (κ1) is 80.2. The molecular weight excluding hydrogens is 1320 g/mol. The number of ether oxygens (including phenoxy) is 1. The number of amides is 12. The maximum Gasteiger partial charge on any atom is 0.417 e. The van der Waals surface area contributed by atoms with E-state index in [0.29, 0.717) is 77.3 Å². The predicted molar refractivity (Wildman–Crippen MR) is 366 cm³/mol. The highest BCUT2D eigenvalue weighted by atomic mass is 35.5. The summed E-state index contributed by atoms with van der Waals surface area (Å²) in [7, 11) is 9.79. The zero-order valence-corrected chi connectivity index (χ0v) is 61.2. The van der Waals surface area contributed by atoms with E-state index >= 15 is 28.8 Å². The van der Waals surface area contributed by atoms with Crippen LogP contribution in [0.2, 0.25) is 5.02 Å². The topological polar surface area (TPSA) is 279 Å². The highest BCUT2D eigenvalue weighted by Crippen LogP contribution is 2.38. The fraction of sp³-hybridized carbons (Fsp3) is 0.746. The van der Waals surface area contributed by atoms with Crippen LogP contribution in [0.15, 0.2) is 18.2 Å². The van der Waals surface area contributed by atoms with E-state index in [1.54, 1.807) is 11.8 Å². The third-order valence-electron chi connectivity index (χ3n) is 21.6. The van der Waals surface area contributed by atoms with Gasteiger partial charge in [0.25, 0.3) is 0 Å². The summed E-state index contributed by atoms with van der Waals surface area (Å²) >= 11 is 6.15. The fourth-order valence-corrected chi connectivity index (χ4v) is 15.1. The minimum Gasteiger partial charge on any atom is -0.376 e. The van der Waals surface area contributed by atoms with Crippen LogP contribution in [0.3, 0.4) is 0 Å². The number of nitrogens with zero attached hydrogens (tertiary/aromatic N) is 9. The predicted octanol–water partition coefficient (Wildman–Crippen LogP) is 5.02. The van der Waals surface area contributed by atoms with Crippen LogP contribution in [0.4, 0.5) is 13.2 Å². The highest BCUT2D eigenvalue weighted by Gasteiger charge is 2.51. The molecule has 7 rings (SSSR count). The third kappa shape index (κ3) is 19.9. The molecular formula is C71H108ClF3N12O13. The van der Waals surface area contributed by atoms with Crippen molar-refractivity contribution in [2.45, 2.75) is 229 Å². The largest absolute Gasteiger partial charge is 0.417 e. The quantitative estimate of drug-likeness (QED) is 0.248. The lowest BCUT2D eigenvalue weighted by molar-refractivity contribution is -0.157. The van der Waals surface area contributed by atoms with Crippen LogP contribution < -0.4 is 16.0 Å². The van der Waals surface area contributed by atoms with Crippen molar-refractivity contribution >= 4 is 82.5 Å². The maximum atomic E-state index is 15.8. The van der Waals surface area contributed by atoms with E-state index in [2.05, 4.69) is 16.0 Å². The molecule has 3 heterocycles. The Labute approximate surface area is 591 Å². The molecule has 3 aliphatic carbocycles. The first-order valence-electron chi connectivity index (χ1n) is 36.0. The first-order chi connectivity index (χ1) is 47.2. The van der Waals surface area contributed by atoms with Gasteiger partial charge in [-0.2, -0.15) is 13.2 Å². The van der Waals surface area contributed by atoms with Gasteiger partial charge in [-0.25, -0.2) is 0 Å². The Kier molecular flexibility index (Phi) is 28.6. The molecule has 3 N–H and O–H groups in total. The number of benzene rings is 1. The Hall–Kier alpha value is -7.10. The van der Waals surface area contributed by atoms with E-state index in [1.165, 1.54) is 75.0 Å². The normalized spacial score (nSPS) is 26.7. The van der Waals surface area contributed by atoms with Crippen LogP contribution in [-0.2, 0) is 74.9 Å². The molecule has 1 spiro atoms. The van der Waals surface area contributed by atoms with Gasteiger partial charge >= 0.3 is 6.18 Å². The minimum atomic E-state index is -4.77. The molecule has 1 unspecified atom stereocenters. The summed E-state index contributed by atoms with van der Waals surface area (Å²) in [5, 5.41) is 8.11. The summed E-state index contributed by atoms with van der Waals surface area (Å²) in [5.41, 5.74) is -2.37. The van der Waals surface area contributed by atoms with Gasteiger partial charge in [0.2, 0.25) is 70.9 Å². The van der Waals surface area contributed by atoms with Crippen LogP contribution in [0.1, 0.15) is 174 Å². The average molecular weight is 1430 g/mol. The van der Waals surface area contributed by atoms with Crippen molar-refractivity contribution in [2.75, 3.05) is 95.2 Å². The van der Waals surface area contributed by atoms with Crippen LogP contribution in [0.5, 0.6) is 0 Å². The smallest absolute Gasteiger partial charge is 0.376 e. The SMILES string of the molecule is CC[C@H](C)[C@@H]1NC(=O)[C@H](CC(C)C)N(C)C(=O)C[C@@H](C(=O)N2CCCCC2)N(C)C(=O)[C@H](C2CCCCC2)N(C)C(=O)C2(CCCC2)NC(=O)C2CCCN2C(=O)[C@H](CCc2ccc(C(F)(F)F)c(Cl)c2)NC(=O)CN(C)C(=O)[C@H](COC2CCC2)N(C)C(=O)CN(C)C(=O)CN(C)C1=O. The summed E-state index contributed by atoms with van der Waals surface area (Å²) in [4.78, 5) is 190. The van der Waals surface area contributed by atoms with Gasteiger partial charge in [-0.05, 0) is 132 Å². The second-order valence-electron chi connectivity index (χ2n) is 29.3. The molecule has 0 aromatic heterocycles. The number of carbonyl (C=O) groups excluding carboxylic acids is 12. The molecule has 3 saturated carbocycles. The van der Waals surface area contributed by atoms with E-state index < -0.39 is 173 Å². The van der Waals surface area contributed by atoms with Gasteiger partial charge in [0.1, 0.15) is 47.8 Å². The van der Waals surface area contributed by atoms with Gasteiger partial charge < -0.3 is 64.8 Å². The number of likely N-dealkylation sites (tertiary alicyclic amines) is 1. The summed E-state index contributed by atoms with van der Waals surface area (Å²) in [6.07, 6.45) is 4.46. The van der Waals surface area contributed by atoms with E-state index in [4.69, 9.17) is 16.3 Å². The van der Waals surface area contributed by atoms with Crippen LogP contribution >= 0.6 is 11.6 Å². The standard InChI is InChI=1S/C71H108ClF3N12O13/c1-12-45(4)60-67(97)81(7)41-58(90)79(5)42-59(91)83(9)55(43-100-48-25-21-26-48)65(95)80(6)40-56(88)76-51(31-29-46-28-30-49(50(72)38-46)71(73,74)75)64(94)87-36-22-27-52(87)63(93)78-70(32-17-18-33-70)69(99)85(11)61(47-23-15-13-16-24-47)68(98)84(10)54(66(96)86-34-19-14-20-35-86)39-57(89)82(8)53(37-44(2)3)62(92)77-60/h28,30,38,44-45,47-48,51-55,60-61H,12-27,29,31-37,39-43H2,1-11H3,(H,76,88)(H,77,92)(H,78,93)/t45-,51-,52?,53-,54-,55-,60-,61-/m0/s1.